The molecular formula is C15H12ClN5O2. The second kappa shape index (κ2) is 6.05. The molecule has 116 valence electrons. The number of rotatable bonds is 3. The topological polar surface area (TPSA) is 85.3 Å². The number of nitrogens with zero attached hydrogens (tertiary/aromatic N) is 4. The number of non-ortho nitro benzene ring substituents is 1. The van der Waals surface area contributed by atoms with E-state index >= 15 is 0 Å². The summed E-state index contributed by atoms with van der Waals surface area (Å²) in [5.74, 6) is 0. The molecule has 23 heavy (non-hydrogen) atoms. The van der Waals surface area contributed by atoms with Crippen molar-refractivity contribution in [3.63, 3.8) is 0 Å². The van der Waals surface area contributed by atoms with Crippen LogP contribution in [0.5, 0.6) is 0 Å². The fraction of sp³-hybridized carbons (Fsp3) is 0.0667. The van der Waals surface area contributed by atoms with Gasteiger partial charge in [0.25, 0.3) is 5.69 Å². The van der Waals surface area contributed by atoms with E-state index in [1.54, 1.807) is 23.9 Å². The van der Waals surface area contributed by atoms with Gasteiger partial charge in [0.2, 0.25) is 0 Å². The fourth-order valence-corrected chi connectivity index (χ4v) is 2.45. The average molecular weight is 330 g/mol. The summed E-state index contributed by atoms with van der Waals surface area (Å²) in [5, 5.41) is 21.3. The Kier molecular flexibility index (Phi) is 3.94. The van der Waals surface area contributed by atoms with Gasteiger partial charge in [-0.2, -0.15) is 10.2 Å². The Bertz CT molecular complexity index is 950. The molecule has 1 aromatic heterocycles. The Balaban J connectivity index is 2.03. The summed E-state index contributed by atoms with van der Waals surface area (Å²) in [6, 6.07) is 13.5. The van der Waals surface area contributed by atoms with E-state index in [0.717, 1.165) is 10.8 Å². The van der Waals surface area contributed by atoms with E-state index in [4.69, 9.17) is 11.6 Å². The number of nitro benzene ring substituents is 1. The highest BCUT2D eigenvalue weighted by Crippen LogP contribution is 2.18. The van der Waals surface area contributed by atoms with Gasteiger partial charge in [-0.05, 0) is 12.1 Å². The Hall–Kier alpha value is -2.93. The van der Waals surface area contributed by atoms with Gasteiger partial charge in [-0.3, -0.25) is 15.5 Å². The predicted octanol–water partition coefficient (Wildman–Crippen LogP) is 3.06. The quantitative estimate of drug-likeness (QED) is 0.591. The average Bonchev–Trinajstić information content (AvgIpc) is 2.55. The number of anilines is 1. The van der Waals surface area contributed by atoms with Crippen LogP contribution >= 0.6 is 11.6 Å². The van der Waals surface area contributed by atoms with Crippen LogP contribution in [0.2, 0.25) is 5.15 Å². The predicted molar refractivity (Wildman–Crippen MR) is 88.0 cm³/mol. The lowest BCUT2D eigenvalue weighted by molar-refractivity contribution is -0.384. The molecule has 0 aliphatic rings. The highest BCUT2D eigenvalue weighted by atomic mass is 35.5. The molecule has 0 aliphatic carbocycles. The van der Waals surface area contributed by atoms with Crippen LogP contribution in [0.1, 0.15) is 0 Å². The number of aryl methyl sites for hydroxylation is 1. The second-order valence-electron chi connectivity index (χ2n) is 4.81. The Morgan fingerprint density at radius 2 is 1.83 bits per heavy atom. The van der Waals surface area contributed by atoms with Gasteiger partial charge in [0, 0.05) is 30.0 Å². The molecule has 0 atom stereocenters. The lowest BCUT2D eigenvalue weighted by Gasteiger charge is -2.06. The minimum atomic E-state index is -0.447. The third-order valence-corrected chi connectivity index (χ3v) is 3.58. The van der Waals surface area contributed by atoms with Crippen LogP contribution in [0.15, 0.2) is 53.6 Å². The van der Waals surface area contributed by atoms with E-state index in [9.17, 15) is 10.1 Å². The van der Waals surface area contributed by atoms with Crippen molar-refractivity contribution in [3.05, 3.63) is 69.3 Å². The maximum absolute atomic E-state index is 10.7. The zero-order valence-electron chi connectivity index (χ0n) is 12.1. The Morgan fingerprint density at radius 1 is 1.17 bits per heavy atom. The van der Waals surface area contributed by atoms with E-state index in [-0.39, 0.29) is 5.69 Å². The number of halogens is 1. The van der Waals surface area contributed by atoms with E-state index in [1.165, 1.54) is 12.1 Å². The van der Waals surface area contributed by atoms with Crippen molar-refractivity contribution in [3.8, 4) is 0 Å². The van der Waals surface area contributed by atoms with E-state index in [0.29, 0.717) is 16.3 Å². The summed E-state index contributed by atoms with van der Waals surface area (Å²) in [5.41, 5.74) is 4.14. The van der Waals surface area contributed by atoms with Gasteiger partial charge in [0.1, 0.15) is 0 Å². The molecule has 0 radical (unpaired) electrons. The van der Waals surface area contributed by atoms with Crippen molar-refractivity contribution in [2.75, 3.05) is 5.43 Å². The number of aromatic nitrogens is 2. The molecule has 1 N–H and O–H groups in total. The monoisotopic (exact) mass is 329 g/mol. The summed E-state index contributed by atoms with van der Waals surface area (Å²) in [6.07, 6.45) is 0. The van der Waals surface area contributed by atoms with Gasteiger partial charge in [-0.15, -0.1) is 0 Å². The van der Waals surface area contributed by atoms with Crippen molar-refractivity contribution in [2.45, 2.75) is 0 Å². The van der Waals surface area contributed by atoms with Crippen LogP contribution in [0.25, 0.3) is 10.8 Å². The summed E-state index contributed by atoms with van der Waals surface area (Å²) >= 11 is 6.14. The number of hydrogen-bond acceptors (Lipinski definition) is 5. The summed E-state index contributed by atoms with van der Waals surface area (Å²) in [6.45, 7) is 0. The molecule has 3 aromatic rings. The first kappa shape index (κ1) is 15.0. The zero-order chi connectivity index (χ0) is 16.4. The molecule has 3 rings (SSSR count). The molecule has 0 aliphatic heterocycles. The maximum atomic E-state index is 10.7. The molecule has 0 saturated heterocycles. The second-order valence-corrected chi connectivity index (χ2v) is 5.17. The largest absolute Gasteiger partial charge is 0.276 e. The van der Waals surface area contributed by atoms with Crippen LogP contribution in [0, 0.1) is 10.1 Å². The first-order valence-corrected chi connectivity index (χ1v) is 7.10. The van der Waals surface area contributed by atoms with E-state index in [2.05, 4.69) is 15.6 Å². The van der Waals surface area contributed by atoms with Crippen molar-refractivity contribution < 1.29 is 4.92 Å². The molecule has 0 spiro atoms. The minimum absolute atomic E-state index is 0.0275. The Labute approximate surface area is 136 Å². The number of nitro groups is 1. The van der Waals surface area contributed by atoms with Crippen LogP contribution in [0.4, 0.5) is 11.4 Å². The molecule has 0 fully saturated rings. The molecule has 7 nitrogen and oxygen atoms in total. The van der Waals surface area contributed by atoms with Crippen molar-refractivity contribution >= 4 is 33.7 Å². The Morgan fingerprint density at radius 3 is 2.48 bits per heavy atom. The van der Waals surface area contributed by atoms with E-state index < -0.39 is 4.92 Å². The van der Waals surface area contributed by atoms with Crippen molar-refractivity contribution in [1.82, 2.24) is 9.78 Å². The maximum Gasteiger partial charge on any atom is 0.269 e. The molecule has 0 saturated carbocycles. The first-order chi connectivity index (χ1) is 11.1. The van der Waals surface area contributed by atoms with Gasteiger partial charge in [-0.1, -0.05) is 35.9 Å². The van der Waals surface area contributed by atoms with Gasteiger partial charge in [0.15, 0.2) is 10.6 Å². The van der Waals surface area contributed by atoms with Gasteiger partial charge in [0.05, 0.1) is 10.6 Å². The smallest absolute Gasteiger partial charge is 0.269 e. The number of hydrogen-bond donors (Lipinski definition) is 1. The van der Waals surface area contributed by atoms with Gasteiger partial charge in [-0.25, -0.2) is 4.68 Å². The number of nitrogens with one attached hydrogen (secondary N) is 1. The van der Waals surface area contributed by atoms with Gasteiger partial charge < -0.3 is 0 Å². The summed E-state index contributed by atoms with van der Waals surface area (Å²) in [7, 11) is 1.74. The SMILES string of the molecule is Cn1nc(Cl)c2ccccc2/c1=N\Nc1ccc([N+](=O)[O-])cc1. The molecule has 1 heterocycles. The molecule has 0 bridgehead atoms. The third-order valence-electron chi connectivity index (χ3n) is 3.30. The van der Waals surface area contributed by atoms with Gasteiger partial charge >= 0.3 is 0 Å². The van der Waals surface area contributed by atoms with Crippen LogP contribution in [-0.2, 0) is 7.05 Å². The van der Waals surface area contributed by atoms with Crippen LogP contribution in [-0.4, -0.2) is 14.7 Å². The first-order valence-electron chi connectivity index (χ1n) is 6.72. The molecule has 8 heteroatoms. The third kappa shape index (κ3) is 3.00. The fourth-order valence-electron chi connectivity index (χ4n) is 2.17. The molecule has 2 aromatic carbocycles. The highest BCUT2D eigenvalue weighted by Gasteiger charge is 2.06. The zero-order valence-corrected chi connectivity index (χ0v) is 12.9. The lowest BCUT2D eigenvalue weighted by atomic mass is 10.2. The molecule has 0 amide bonds. The van der Waals surface area contributed by atoms with Crippen molar-refractivity contribution in [1.29, 1.82) is 0 Å². The van der Waals surface area contributed by atoms with Crippen LogP contribution < -0.4 is 10.9 Å². The molecule has 0 unspecified atom stereocenters. The lowest BCUT2D eigenvalue weighted by Crippen LogP contribution is -2.23. The number of benzene rings is 2. The normalized spacial score (nSPS) is 11.7. The van der Waals surface area contributed by atoms with Crippen molar-refractivity contribution in [2.24, 2.45) is 12.1 Å². The minimum Gasteiger partial charge on any atom is -0.276 e. The number of fused-ring (bicyclic) bond motifs is 1. The highest BCUT2D eigenvalue weighted by molar-refractivity contribution is 6.34. The molecular weight excluding hydrogens is 318 g/mol. The van der Waals surface area contributed by atoms with E-state index in [1.807, 2.05) is 24.3 Å². The van der Waals surface area contributed by atoms with Crippen LogP contribution in [0.3, 0.4) is 0 Å². The standard InChI is InChI=1S/C15H12ClN5O2/c1-20-15(13-5-3-2-4-12(13)14(16)19-20)18-17-10-6-8-11(9-7-10)21(22)23/h2-9,17H,1H3/b18-15+. The summed E-state index contributed by atoms with van der Waals surface area (Å²) < 4.78 is 1.57. The summed E-state index contributed by atoms with van der Waals surface area (Å²) in [4.78, 5) is 10.2.